The molecule has 1 atom stereocenters. The van der Waals surface area contributed by atoms with Crippen molar-refractivity contribution in [3.05, 3.63) is 18.0 Å². The Balaban J connectivity index is 2.41. The molecule has 0 aliphatic rings. The fourth-order valence-corrected chi connectivity index (χ4v) is 8.43. The average Bonchev–Trinajstić information content (AvgIpc) is 3.71. The van der Waals surface area contributed by atoms with Gasteiger partial charge in [0, 0.05) is 39.2 Å². The summed E-state index contributed by atoms with van der Waals surface area (Å²) in [5.74, 6) is -0.207. The highest BCUT2D eigenvalue weighted by atomic mass is 16.5. The number of amides is 1. The molecule has 1 rings (SSSR count). The molecule has 368 valence electrons. The minimum Gasteiger partial charge on any atom is -0.466 e. The van der Waals surface area contributed by atoms with Crippen LogP contribution < -0.4 is 5.32 Å². The fourth-order valence-electron chi connectivity index (χ4n) is 8.43. The van der Waals surface area contributed by atoms with Crippen molar-refractivity contribution in [3.63, 3.8) is 0 Å². The third-order valence-electron chi connectivity index (χ3n) is 12.5. The van der Waals surface area contributed by atoms with Crippen LogP contribution >= 0.6 is 0 Å². The average molecular weight is 889 g/mol. The maximum Gasteiger partial charge on any atom is 0.306 e. The van der Waals surface area contributed by atoms with Crippen LogP contribution in [0.4, 0.5) is 0 Å². The van der Waals surface area contributed by atoms with E-state index < -0.39 is 6.10 Å². The molecular weight excluding hydrogens is 789 g/mol. The number of hydrogen-bond donors (Lipinski definition) is 2. The number of aliphatic hydroxyl groups is 1. The molecular formula is C53H100N4O6. The molecule has 0 spiro atoms. The monoisotopic (exact) mass is 889 g/mol. The first-order valence-corrected chi connectivity index (χ1v) is 26.8. The van der Waals surface area contributed by atoms with Gasteiger partial charge in [-0.3, -0.25) is 19.1 Å². The van der Waals surface area contributed by atoms with Crippen LogP contribution in [0.5, 0.6) is 0 Å². The van der Waals surface area contributed by atoms with Crippen molar-refractivity contribution >= 4 is 17.8 Å². The summed E-state index contributed by atoms with van der Waals surface area (Å²) in [6, 6.07) is 0. The van der Waals surface area contributed by atoms with E-state index in [0.29, 0.717) is 44.5 Å². The number of ether oxygens (including phenoxy) is 2. The van der Waals surface area contributed by atoms with E-state index in [1.165, 1.54) is 109 Å². The number of carbonyl (C=O) groups is 3. The van der Waals surface area contributed by atoms with Gasteiger partial charge in [-0.05, 0) is 90.1 Å². The summed E-state index contributed by atoms with van der Waals surface area (Å²) >= 11 is 0. The summed E-state index contributed by atoms with van der Waals surface area (Å²) in [4.78, 5) is 39.9. The van der Waals surface area contributed by atoms with Gasteiger partial charge in [0.25, 0.3) is 5.91 Å². The second kappa shape index (κ2) is 43.4. The number of rotatable bonds is 47. The van der Waals surface area contributed by atoms with Gasteiger partial charge in [0.1, 0.15) is 6.10 Å². The molecule has 0 saturated carbocycles. The predicted molar refractivity (Wildman–Crippen MR) is 262 cm³/mol. The Morgan fingerprint density at radius 1 is 0.603 bits per heavy atom. The van der Waals surface area contributed by atoms with Gasteiger partial charge in [-0.25, -0.2) is 0 Å². The highest BCUT2D eigenvalue weighted by Gasteiger charge is 2.16. The molecule has 0 aliphatic carbocycles. The van der Waals surface area contributed by atoms with Gasteiger partial charge in [0.2, 0.25) is 0 Å². The second-order valence-corrected chi connectivity index (χ2v) is 18.7. The number of aliphatic hydroxyl groups excluding tert-OH is 1. The molecule has 0 fully saturated rings. The first kappa shape index (κ1) is 58.6. The minimum absolute atomic E-state index is 0.0138. The van der Waals surface area contributed by atoms with Crippen molar-refractivity contribution in [1.82, 2.24) is 20.0 Å². The molecule has 1 aromatic heterocycles. The lowest BCUT2D eigenvalue weighted by Crippen LogP contribution is -2.34. The summed E-state index contributed by atoms with van der Waals surface area (Å²) < 4.78 is 13.2. The summed E-state index contributed by atoms with van der Waals surface area (Å²) in [5.41, 5.74) is 0.558. The van der Waals surface area contributed by atoms with Crippen molar-refractivity contribution in [1.29, 1.82) is 0 Å². The molecule has 63 heavy (non-hydrogen) atoms. The second-order valence-electron chi connectivity index (χ2n) is 18.7. The Bertz CT molecular complexity index is 1180. The minimum atomic E-state index is -0.424. The smallest absolute Gasteiger partial charge is 0.306 e. The van der Waals surface area contributed by atoms with Crippen molar-refractivity contribution in [3.8, 4) is 0 Å². The van der Waals surface area contributed by atoms with Crippen LogP contribution in [-0.4, -0.2) is 82.6 Å². The molecule has 1 amide bonds. The Hall–Kier alpha value is -2.46. The molecule has 0 bridgehead atoms. The van der Waals surface area contributed by atoms with Crippen LogP contribution in [0.15, 0.2) is 12.4 Å². The van der Waals surface area contributed by atoms with E-state index in [2.05, 4.69) is 36.1 Å². The van der Waals surface area contributed by atoms with Crippen LogP contribution in [0.25, 0.3) is 0 Å². The van der Waals surface area contributed by atoms with E-state index >= 15 is 0 Å². The summed E-state index contributed by atoms with van der Waals surface area (Å²) in [5, 5.41) is 18.0. The molecule has 0 saturated heterocycles. The van der Waals surface area contributed by atoms with Gasteiger partial charge in [0.15, 0.2) is 0 Å². The lowest BCUT2D eigenvalue weighted by Gasteiger charge is -2.25. The molecule has 2 N–H and O–H groups in total. The van der Waals surface area contributed by atoms with E-state index in [-0.39, 0.29) is 23.9 Å². The third-order valence-corrected chi connectivity index (χ3v) is 12.5. The summed E-state index contributed by atoms with van der Waals surface area (Å²) in [7, 11) is 1.79. The largest absolute Gasteiger partial charge is 0.466 e. The van der Waals surface area contributed by atoms with Gasteiger partial charge in [-0.1, -0.05) is 162 Å². The highest BCUT2D eigenvalue weighted by molar-refractivity contribution is 5.93. The van der Waals surface area contributed by atoms with E-state index in [1.54, 1.807) is 24.1 Å². The molecule has 1 heterocycles. The number of hydrogen-bond acceptors (Lipinski definition) is 8. The fraction of sp³-hybridized carbons (Fsp3) is 0.887. The quantitative estimate of drug-likeness (QED) is 0.0490. The van der Waals surface area contributed by atoms with Gasteiger partial charge in [-0.2, -0.15) is 5.10 Å². The van der Waals surface area contributed by atoms with E-state index in [4.69, 9.17) is 9.47 Å². The van der Waals surface area contributed by atoms with Crippen LogP contribution in [0, 0.1) is 0 Å². The van der Waals surface area contributed by atoms with Crippen LogP contribution in [-0.2, 0) is 26.1 Å². The Kier molecular flexibility index (Phi) is 40.4. The number of nitrogens with zero attached hydrogens (tertiary/aromatic N) is 3. The number of esters is 2. The van der Waals surface area contributed by atoms with Crippen LogP contribution in [0.3, 0.4) is 0 Å². The molecule has 0 aliphatic heterocycles. The number of aromatic nitrogens is 2. The first-order valence-electron chi connectivity index (χ1n) is 26.8. The molecule has 1 aromatic rings. The third kappa shape index (κ3) is 37.5. The SMILES string of the molecule is CCCCCCCCCCCOC(=O)CCCCCN(CCCCCCCC(=O)OC(CCCCCCCC)CCCCCCCC)CC(O)CCCCNC(=O)c1cnn(C)c1. The molecule has 1 unspecified atom stereocenters. The normalized spacial score (nSPS) is 12.0. The zero-order valence-corrected chi connectivity index (χ0v) is 41.6. The topological polar surface area (TPSA) is 123 Å². The van der Waals surface area contributed by atoms with E-state index in [9.17, 15) is 19.5 Å². The van der Waals surface area contributed by atoms with Crippen LogP contribution in [0.1, 0.15) is 262 Å². The molecule has 0 aromatic carbocycles. The van der Waals surface area contributed by atoms with Gasteiger partial charge in [-0.15, -0.1) is 0 Å². The van der Waals surface area contributed by atoms with Crippen molar-refractivity contribution in [2.75, 3.05) is 32.8 Å². The standard InChI is InChI=1S/C53H100N4O6/c1-5-8-11-14-17-18-19-25-35-44-62-51(59)39-30-26-34-43-57(47-49(58)36-31-32-41-54-53(61)48-45-55-56(4)46-48)42-33-24-20-23-29-40-52(60)63-50(37-27-21-15-12-9-6-2)38-28-22-16-13-10-7-3/h45-46,49-50,58H,5-44,47H2,1-4H3,(H,54,61). The summed E-state index contributed by atoms with van der Waals surface area (Å²) in [6.45, 7) is 10.3. The number of carbonyl (C=O) groups excluding carboxylic acids is 3. The molecule has 10 nitrogen and oxygen atoms in total. The highest BCUT2D eigenvalue weighted by Crippen LogP contribution is 2.19. The van der Waals surface area contributed by atoms with Gasteiger partial charge >= 0.3 is 11.9 Å². The maximum atomic E-state index is 12.9. The Labute approximate surface area is 387 Å². The first-order chi connectivity index (χ1) is 30.8. The van der Waals surface area contributed by atoms with Gasteiger partial charge < -0.3 is 24.8 Å². The zero-order valence-electron chi connectivity index (χ0n) is 41.6. The molecule has 0 radical (unpaired) electrons. The maximum absolute atomic E-state index is 12.9. The lowest BCUT2D eigenvalue weighted by atomic mass is 10.0. The van der Waals surface area contributed by atoms with Gasteiger partial charge in [0.05, 0.1) is 24.5 Å². The van der Waals surface area contributed by atoms with Crippen molar-refractivity contribution in [2.45, 2.75) is 264 Å². The number of aryl methyl sites for hydroxylation is 1. The predicted octanol–water partition coefficient (Wildman–Crippen LogP) is 13.4. The Morgan fingerprint density at radius 2 is 1.06 bits per heavy atom. The van der Waals surface area contributed by atoms with Crippen molar-refractivity contribution < 1.29 is 29.0 Å². The van der Waals surface area contributed by atoms with Crippen molar-refractivity contribution in [2.24, 2.45) is 7.05 Å². The van der Waals surface area contributed by atoms with E-state index in [0.717, 1.165) is 116 Å². The lowest BCUT2D eigenvalue weighted by molar-refractivity contribution is -0.150. The van der Waals surface area contributed by atoms with Crippen LogP contribution in [0.2, 0.25) is 0 Å². The number of unbranched alkanes of at least 4 members (excludes halogenated alkanes) is 25. The summed E-state index contributed by atoms with van der Waals surface area (Å²) in [6.07, 6.45) is 42.7. The zero-order chi connectivity index (χ0) is 45.9. The Morgan fingerprint density at radius 3 is 1.60 bits per heavy atom. The number of nitrogens with one attached hydrogen (secondary N) is 1. The van der Waals surface area contributed by atoms with E-state index in [1.807, 2.05) is 0 Å². The molecule has 10 heteroatoms.